The van der Waals surface area contributed by atoms with Crippen LogP contribution in [0, 0.1) is 6.92 Å². The smallest absolute Gasteiger partial charge is 0.262 e. The highest BCUT2D eigenvalue weighted by molar-refractivity contribution is 6.30. The van der Waals surface area contributed by atoms with Crippen molar-refractivity contribution in [3.8, 4) is 5.75 Å². The Morgan fingerprint density at radius 1 is 1.30 bits per heavy atom. The number of rotatable bonds is 4. The number of nitrogens with one attached hydrogen (secondary N) is 1. The summed E-state index contributed by atoms with van der Waals surface area (Å²) >= 11 is 5.86. The van der Waals surface area contributed by atoms with Gasteiger partial charge >= 0.3 is 0 Å². The van der Waals surface area contributed by atoms with Gasteiger partial charge in [0.1, 0.15) is 5.75 Å². The highest BCUT2D eigenvalue weighted by Crippen LogP contribution is 2.21. The molecule has 2 aromatic carbocycles. The minimum atomic E-state index is -0.245. The Labute approximate surface area is 122 Å². The topological polar surface area (TPSA) is 64.3 Å². The first-order valence-corrected chi connectivity index (χ1v) is 6.47. The number of hydrogen-bond acceptors (Lipinski definition) is 3. The molecule has 0 aliphatic rings. The zero-order chi connectivity index (χ0) is 14.5. The summed E-state index contributed by atoms with van der Waals surface area (Å²) in [5, 5.41) is 3.35. The van der Waals surface area contributed by atoms with Crippen molar-refractivity contribution in [2.24, 2.45) is 0 Å². The molecule has 0 saturated heterocycles. The third-order valence-corrected chi connectivity index (χ3v) is 2.90. The molecule has 2 rings (SSSR count). The molecule has 5 heteroatoms. The third-order valence-electron chi connectivity index (χ3n) is 2.67. The normalized spacial score (nSPS) is 10.1. The van der Waals surface area contributed by atoms with Crippen LogP contribution in [-0.2, 0) is 4.79 Å². The average molecular weight is 291 g/mol. The van der Waals surface area contributed by atoms with Crippen molar-refractivity contribution in [3.63, 3.8) is 0 Å². The van der Waals surface area contributed by atoms with Crippen LogP contribution in [0.15, 0.2) is 42.5 Å². The number of halogens is 1. The van der Waals surface area contributed by atoms with Crippen LogP contribution < -0.4 is 15.8 Å². The van der Waals surface area contributed by atoms with Crippen LogP contribution >= 0.6 is 11.6 Å². The molecule has 0 fully saturated rings. The van der Waals surface area contributed by atoms with E-state index in [0.29, 0.717) is 22.1 Å². The lowest BCUT2D eigenvalue weighted by molar-refractivity contribution is -0.118. The van der Waals surface area contributed by atoms with E-state index >= 15 is 0 Å². The van der Waals surface area contributed by atoms with Gasteiger partial charge in [-0.05, 0) is 48.9 Å². The van der Waals surface area contributed by atoms with E-state index in [4.69, 9.17) is 22.1 Å². The lowest BCUT2D eigenvalue weighted by Gasteiger charge is -2.10. The lowest BCUT2D eigenvalue weighted by atomic mass is 10.2. The van der Waals surface area contributed by atoms with E-state index in [9.17, 15) is 4.79 Å². The van der Waals surface area contributed by atoms with E-state index in [0.717, 1.165) is 5.56 Å². The number of carbonyl (C=O) groups is 1. The number of amides is 1. The van der Waals surface area contributed by atoms with Crippen molar-refractivity contribution in [2.75, 3.05) is 17.7 Å². The zero-order valence-electron chi connectivity index (χ0n) is 11.0. The summed E-state index contributed by atoms with van der Waals surface area (Å²) < 4.78 is 5.45. The first kappa shape index (κ1) is 14.2. The Morgan fingerprint density at radius 3 is 2.80 bits per heavy atom. The summed E-state index contributed by atoms with van der Waals surface area (Å²) in [5.74, 6) is 0.391. The second-order valence-corrected chi connectivity index (χ2v) is 4.81. The van der Waals surface area contributed by atoms with Gasteiger partial charge in [-0.3, -0.25) is 4.79 Å². The second-order valence-electron chi connectivity index (χ2n) is 4.37. The Bertz CT molecular complexity index is 629. The maximum atomic E-state index is 11.8. The lowest BCUT2D eigenvalue weighted by Crippen LogP contribution is -2.20. The van der Waals surface area contributed by atoms with Gasteiger partial charge in [0.2, 0.25) is 0 Å². The van der Waals surface area contributed by atoms with E-state index in [2.05, 4.69) is 5.32 Å². The van der Waals surface area contributed by atoms with Crippen LogP contribution in [0.2, 0.25) is 5.02 Å². The molecule has 0 atom stereocenters. The van der Waals surface area contributed by atoms with Crippen LogP contribution in [0.5, 0.6) is 5.75 Å². The van der Waals surface area contributed by atoms with Gasteiger partial charge in [-0.25, -0.2) is 0 Å². The molecular weight excluding hydrogens is 276 g/mol. The van der Waals surface area contributed by atoms with Gasteiger partial charge in [0.25, 0.3) is 5.91 Å². The molecule has 0 aliphatic carbocycles. The molecule has 0 spiro atoms. The zero-order valence-corrected chi connectivity index (χ0v) is 11.8. The number of ether oxygens (including phenoxy) is 1. The van der Waals surface area contributed by atoms with Crippen LogP contribution in [0.3, 0.4) is 0 Å². The fourth-order valence-electron chi connectivity index (χ4n) is 1.73. The monoisotopic (exact) mass is 290 g/mol. The highest BCUT2D eigenvalue weighted by atomic mass is 35.5. The molecule has 20 heavy (non-hydrogen) atoms. The number of benzene rings is 2. The molecule has 3 N–H and O–H groups in total. The quantitative estimate of drug-likeness (QED) is 0.850. The molecule has 0 radical (unpaired) electrons. The molecular formula is C15H15ClN2O2. The summed E-state index contributed by atoms with van der Waals surface area (Å²) in [6.45, 7) is 1.80. The summed E-state index contributed by atoms with van der Waals surface area (Å²) in [7, 11) is 0. The number of nitrogen functional groups attached to an aromatic ring is 1. The number of carbonyl (C=O) groups excluding carboxylic acids is 1. The van der Waals surface area contributed by atoms with Gasteiger partial charge in [0, 0.05) is 16.4 Å². The first-order valence-electron chi connectivity index (χ1n) is 6.09. The van der Waals surface area contributed by atoms with E-state index in [1.54, 1.807) is 42.5 Å². The first-order chi connectivity index (χ1) is 9.54. The maximum absolute atomic E-state index is 11.8. The van der Waals surface area contributed by atoms with Crippen molar-refractivity contribution in [1.29, 1.82) is 0 Å². The fraction of sp³-hybridized carbons (Fsp3) is 0.133. The van der Waals surface area contributed by atoms with Gasteiger partial charge in [0.15, 0.2) is 6.61 Å². The van der Waals surface area contributed by atoms with E-state index < -0.39 is 0 Å². The van der Waals surface area contributed by atoms with Crippen LogP contribution in [0.4, 0.5) is 11.4 Å². The van der Waals surface area contributed by atoms with E-state index in [-0.39, 0.29) is 12.5 Å². The summed E-state index contributed by atoms with van der Waals surface area (Å²) in [4.78, 5) is 11.8. The summed E-state index contributed by atoms with van der Waals surface area (Å²) in [6.07, 6.45) is 0. The van der Waals surface area contributed by atoms with E-state index in [1.165, 1.54) is 0 Å². The largest absolute Gasteiger partial charge is 0.483 e. The molecule has 0 aromatic heterocycles. The molecule has 2 aromatic rings. The molecule has 1 amide bonds. The highest BCUT2D eigenvalue weighted by Gasteiger charge is 2.06. The van der Waals surface area contributed by atoms with Crippen LogP contribution in [-0.4, -0.2) is 12.5 Å². The average Bonchev–Trinajstić information content (AvgIpc) is 2.37. The number of anilines is 2. The standard InChI is InChI=1S/C15H15ClN2O2/c1-10-7-11(16)5-6-14(10)20-9-15(19)18-13-4-2-3-12(17)8-13/h2-8H,9,17H2,1H3,(H,18,19). The Hall–Kier alpha value is -2.20. The van der Waals surface area contributed by atoms with Crippen molar-refractivity contribution in [2.45, 2.75) is 6.92 Å². The molecule has 0 bridgehead atoms. The van der Waals surface area contributed by atoms with Gasteiger partial charge in [-0.15, -0.1) is 0 Å². The Morgan fingerprint density at radius 2 is 2.10 bits per heavy atom. The minimum absolute atomic E-state index is 0.0722. The van der Waals surface area contributed by atoms with Gasteiger partial charge in [-0.1, -0.05) is 17.7 Å². The fourth-order valence-corrected chi connectivity index (χ4v) is 1.96. The Kier molecular flexibility index (Phi) is 4.48. The molecule has 0 heterocycles. The molecule has 104 valence electrons. The molecule has 0 unspecified atom stereocenters. The number of hydrogen-bond donors (Lipinski definition) is 2. The van der Waals surface area contributed by atoms with Crippen molar-refractivity contribution in [3.05, 3.63) is 53.1 Å². The SMILES string of the molecule is Cc1cc(Cl)ccc1OCC(=O)Nc1cccc(N)c1. The molecule has 4 nitrogen and oxygen atoms in total. The second kappa shape index (κ2) is 6.30. The predicted octanol–water partition coefficient (Wildman–Crippen LogP) is 3.25. The van der Waals surface area contributed by atoms with Gasteiger partial charge < -0.3 is 15.8 Å². The van der Waals surface area contributed by atoms with E-state index in [1.807, 2.05) is 6.92 Å². The molecule has 0 aliphatic heterocycles. The number of aryl methyl sites for hydroxylation is 1. The summed E-state index contributed by atoms with van der Waals surface area (Å²) in [6, 6.07) is 12.2. The van der Waals surface area contributed by atoms with Gasteiger partial charge in [-0.2, -0.15) is 0 Å². The van der Waals surface area contributed by atoms with Crippen molar-refractivity contribution in [1.82, 2.24) is 0 Å². The van der Waals surface area contributed by atoms with Crippen LogP contribution in [0.1, 0.15) is 5.56 Å². The molecule has 0 saturated carbocycles. The predicted molar refractivity (Wildman–Crippen MR) is 81.2 cm³/mol. The Balaban J connectivity index is 1.92. The maximum Gasteiger partial charge on any atom is 0.262 e. The summed E-state index contributed by atoms with van der Waals surface area (Å²) in [5.41, 5.74) is 7.76. The third kappa shape index (κ3) is 3.90. The van der Waals surface area contributed by atoms with Crippen molar-refractivity contribution < 1.29 is 9.53 Å². The van der Waals surface area contributed by atoms with Crippen LogP contribution in [0.25, 0.3) is 0 Å². The minimum Gasteiger partial charge on any atom is -0.483 e. The van der Waals surface area contributed by atoms with Gasteiger partial charge in [0.05, 0.1) is 0 Å². The van der Waals surface area contributed by atoms with Crippen molar-refractivity contribution >= 4 is 28.9 Å². The number of nitrogens with two attached hydrogens (primary N) is 1.